The largest absolute Gasteiger partial charge is 0.483 e. The molecule has 0 radical (unpaired) electrons. The number of aromatic amines is 1. The van der Waals surface area contributed by atoms with E-state index in [1.54, 1.807) is 23.9 Å². The number of ether oxygens (including phenoxy) is 1. The van der Waals surface area contributed by atoms with E-state index in [2.05, 4.69) is 26.2 Å². The number of anilines is 2. The van der Waals surface area contributed by atoms with Crippen LogP contribution in [0.15, 0.2) is 105 Å². The van der Waals surface area contributed by atoms with Crippen LogP contribution in [0.4, 0.5) is 11.4 Å². The van der Waals surface area contributed by atoms with Crippen molar-refractivity contribution in [2.45, 2.75) is 22.6 Å². The van der Waals surface area contributed by atoms with Crippen LogP contribution in [0.3, 0.4) is 0 Å². The van der Waals surface area contributed by atoms with Crippen molar-refractivity contribution in [2.24, 2.45) is 29.6 Å². The molecule has 3 heterocycles. The van der Waals surface area contributed by atoms with Gasteiger partial charge in [-0.15, -0.1) is 11.8 Å². The van der Waals surface area contributed by atoms with Gasteiger partial charge in [0.05, 0.1) is 22.5 Å². The van der Waals surface area contributed by atoms with Gasteiger partial charge in [-0.1, -0.05) is 81.9 Å². The highest BCUT2D eigenvalue weighted by atomic mass is 79.9. The minimum atomic E-state index is -0.410. The minimum Gasteiger partial charge on any atom is -0.483 e. The molecule has 3 amide bonds. The Morgan fingerprint density at radius 3 is 2.46 bits per heavy atom. The Hall–Kier alpha value is -4.19. The maximum Gasteiger partial charge on any atom is 0.305 e. The zero-order valence-corrected chi connectivity index (χ0v) is 28.5. The first-order valence-corrected chi connectivity index (χ1v) is 18.4. The lowest BCUT2D eigenvalue weighted by Gasteiger charge is -2.43. The number of thioether (sulfide) groups is 1. The number of hydrogen-bond acceptors (Lipinski definition) is 7. The molecule has 2 N–H and O–H groups in total. The van der Waals surface area contributed by atoms with Crippen LogP contribution in [0, 0.1) is 29.6 Å². The van der Waals surface area contributed by atoms with Gasteiger partial charge in [-0.25, -0.2) is 0 Å². The number of aromatic nitrogens is 1. The van der Waals surface area contributed by atoms with Crippen molar-refractivity contribution >= 4 is 78.9 Å². The molecule has 7 atom stereocenters. The van der Waals surface area contributed by atoms with E-state index in [0.717, 1.165) is 37.1 Å². The molecule has 240 valence electrons. The number of imide groups is 1. The Kier molecular flexibility index (Phi) is 7.14. The molecule has 3 fully saturated rings. The monoisotopic (exact) mass is 737 g/mol. The van der Waals surface area contributed by atoms with Crippen molar-refractivity contribution in [3.8, 4) is 5.75 Å². The van der Waals surface area contributed by atoms with E-state index in [1.165, 1.54) is 16.2 Å². The summed E-state index contributed by atoms with van der Waals surface area (Å²) in [5.41, 5.74) is 2.19. The average Bonchev–Trinajstić information content (AvgIpc) is 3.83. The SMILES string of the molecule is O=C(COc1ccccc1[C@H]1c2sc(=O)[nH]c2SC2C1[C@H]1C[C@@H]2C2C(=O)N(c3ccc(Br)cc3)C(=O)C21)Nc1cccc2ccccc12. The number of rotatable bonds is 6. The van der Waals surface area contributed by atoms with Crippen LogP contribution in [0.1, 0.15) is 22.8 Å². The van der Waals surface area contributed by atoms with E-state index < -0.39 is 5.92 Å². The number of thiazole rings is 1. The number of para-hydroxylation sites is 1. The number of amides is 3. The Bertz CT molecular complexity index is 2190. The van der Waals surface area contributed by atoms with Crippen LogP contribution in [-0.2, 0) is 14.4 Å². The van der Waals surface area contributed by atoms with Gasteiger partial charge in [-0.05, 0) is 66.0 Å². The Morgan fingerprint density at radius 1 is 0.896 bits per heavy atom. The number of nitrogens with one attached hydrogen (secondary N) is 2. The zero-order chi connectivity index (χ0) is 32.7. The number of carbonyl (C=O) groups excluding carboxylic acids is 3. The summed E-state index contributed by atoms with van der Waals surface area (Å²) < 4.78 is 7.14. The number of H-pyrrole nitrogens is 1. The lowest BCUT2D eigenvalue weighted by molar-refractivity contribution is -0.123. The van der Waals surface area contributed by atoms with Crippen LogP contribution in [0.2, 0.25) is 0 Å². The smallest absolute Gasteiger partial charge is 0.305 e. The molecule has 2 aliphatic heterocycles. The fourth-order valence-corrected chi connectivity index (χ4v) is 11.9. The number of carbonyl (C=O) groups is 3. The minimum absolute atomic E-state index is 0.00510. The molecule has 1 aromatic heterocycles. The van der Waals surface area contributed by atoms with E-state index >= 15 is 0 Å². The molecule has 5 aromatic rings. The molecular formula is C37H28BrN3O5S2. The summed E-state index contributed by atoms with van der Waals surface area (Å²) in [5, 5.41) is 5.85. The van der Waals surface area contributed by atoms with Crippen LogP contribution in [0.25, 0.3) is 10.8 Å². The van der Waals surface area contributed by atoms with E-state index in [0.29, 0.717) is 17.1 Å². The van der Waals surface area contributed by atoms with Crippen LogP contribution < -0.4 is 19.8 Å². The van der Waals surface area contributed by atoms with Crippen molar-refractivity contribution in [1.29, 1.82) is 0 Å². The fourth-order valence-electron chi connectivity index (χ4n) is 8.74. The topological polar surface area (TPSA) is 109 Å². The molecule has 2 saturated carbocycles. The van der Waals surface area contributed by atoms with Gasteiger partial charge in [0.15, 0.2) is 6.61 Å². The summed E-state index contributed by atoms with van der Waals surface area (Å²) >= 11 is 6.29. The summed E-state index contributed by atoms with van der Waals surface area (Å²) in [5.74, 6) is -1.01. The lowest BCUT2D eigenvalue weighted by atomic mass is 9.68. The molecule has 4 aliphatic rings. The average molecular weight is 739 g/mol. The van der Waals surface area contributed by atoms with Gasteiger partial charge in [0.1, 0.15) is 5.75 Å². The normalized spacial score (nSPS) is 26.8. The second-order valence-electron chi connectivity index (χ2n) is 12.9. The predicted molar refractivity (Wildman–Crippen MR) is 190 cm³/mol. The van der Waals surface area contributed by atoms with Gasteiger partial charge >= 0.3 is 4.87 Å². The first-order valence-electron chi connectivity index (χ1n) is 15.9. The molecule has 2 aliphatic carbocycles. The Morgan fingerprint density at radius 2 is 1.62 bits per heavy atom. The van der Waals surface area contributed by atoms with Gasteiger partial charge in [-0.3, -0.25) is 24.1 Å². The summed E-state index contributed by atoms with van der Waals surface area (Å²) in [6.07, 6.45) is 0.787. The van der Waals surface area contributed by atoms with E-state index in [9.17, 15) is 19.2 Å². The van der Waals surface area contributed by atoms with Crippen molar-refractivity contribution in [3.05, 3.63) is 116 Å². The highest BCUT2D eigenvalue weighted by Crippen LogP contribution is 2.69. The van der Waals surface area contributed by atoms with E-state index in [4.69, 9.17) is 4.74 Å². The third-order valence-corrected chi connectivity index (χ3v) is 13.6. The Balaban J connectivity index is 1.03. The maximum absolute atomic E-state index is 14.1. The van der Waals surface area contributed by atoms with Crippen molar-refractivity contribution in [3.63, 3.8) is 0 Å². The molecule has 1 saturated heterocycles. The second kappa shape index (κ2) is 11.5. The molecule has 48 heavy (non-hydrogen) atoms. The third kappa shape index (κ3) is 4.62. The number of nitrogens with zero attached hydrogens (tertiary/aromatic N) is 1. The standard InChI is InChI=1S/C37H28BrN3O5S2/c38-19-12-14-20(15-13-19)41-35(43)30-23-16-24(31(30)36(41)44)32-29(23)28(33-34(47-32)40-37(45)48-33)22-9-3-4-11-26(22)46-17-27(42)39-25-10-5-7-18-6-1-2-8-21(18)25/h1-15,23-24,28-32H,16-17H2,(H,39,42)(H,40,45)/t23-,24-,28-,29?,30?,31?,32?/m1/s1. The molecule has 8 nitrogen and oxygen atoms in total. The predicted octanol–water partition coefficient (Wildman–Crippen LogP) is 7.05. The second-order valence-corrected chi connectivity index (χ2v) is 16.0. The quantitative estimate of drug-likeness (QED) is 0.181. The number of benzene rings is 4. The molecule has 11 heteroatoms. The van der Waals surface area contributed by atoms with Gasteiger partial charge in [0.2, 0.25) is 11.8 Å². The van der Waals surface area contributed by atoms with Crippen molar-refractivity contribution in [2.75, 3.05) is 16.8 Å². The summed E-state index contributed by atoms with van der Waals surface area (Å²) in [6.45, 7) is -0.197. The molecule has 2 bridgehead atoms. The zero-order valence-electron chi connectivity index (χ0n) is 25.3. The third-order valence-electron chi connectivity index (χ3n) is 10.5. The number of halogens is 1. The van der Waals surface area contributed by atoms with Crippen LogP contribution in [0.5, 0.6) is 5.75 Å². The van der Waals surface area contributed by atoms with Gasteiger partial charge in [0.25, 0.3) is 5.91 Å². The summed E-state index contributed by atoms with van der Waals surface area (Å²) in [7, 11) is 0. The van der Waals surface area contributed by atoms with Gasteiger partial charge < -0.3 is 15.0 Å². The highest BCUT2D eigenvalue weighted by Gasteiger charge is 2.69. The molecular weight excluding hydrogens is 710 g/mol. The lowest BCUT2D eigenvalue weighted by Crippen LogP contribution is -2.42. The van der Waals surface area contributed by atoms with Gasteiger partial charge in [-0.2, -0.15) is 0 Å². The van der Waals surface area contributed by atoms with E-state index in [-0.39, 0.29) is 64.0 Å². The number of fused-ring (bicyclic) bond motifs is 10. The highest BCUT2D eigenvalue weighted by molar-refractivity contribution is 9.10. The molecule has 4 aromatic carbocycles. The van der Waals surface area contributed by atoms with Crippen molar-refractivity contribution < 1.29 is 19.1 Å². The van der Waals surface area contributed by atoms with Crippen molar-refractivity contribution in [1.82, 2.24) is 4.98 Å². The van der Waals surface area contributed by atoms with Crippen LogP contribution >= 0.6 is 39.0 Å². The first kappa shape index (κ1) is 29.9. The Labute approximate surface area is 292 Å². The summed E-state index contributed by atoms with van der Waals surface area (Å²) in [6, 6.07) is 28.6. The molecule has 0 spiro atoms. The van der Waals surface area contributed by atoms with Crippen LogP contribution in [-0.4, -0.2) is 34.6 Å². The van der Waals surface area contributed by atoms with Gasteiger partial charge in [0, 0.05) is 37.2 Å². The maximum atomic E-state index is 14.1. The van der Waals surface area contributed by atoms with E-state index in [1.807, 2.05) is 78.9 Å². The number of hydrogen-bond donors (Lipinski definition) is 2. The first-order chi connectivity index (χ1) is 23.4. The molecule has 9 rings (SSSR count). The molecule has 4 unspecified atom stereocenters. The summed E-state index contributed by atoms with van der Waals surface area (Å²) in [4.78, 5) is 59.2. The fraction of sp³-hybridized carbons (Fsp3) is 0.243.